The maximum Gasteiger partial charge on any atom is 0.244 e. The van der Waals surface area contributed by atoms with Gasteiger partial charge in [-0.15, -0.1) is 0 Å². The van der Waals surface area contributed by atoms with Crippen molar-refractivity contribution in [1.29, 1.82) is 10.8 Å². The minimum absolute atomic E-state index is 0.0113. The summed E-state index contributed by atoms with van der Waals surface area (Å²) in [5, 5.41) is 42.5. The van der Waals surface area contributed by atoms with E-state index in [1.165, 1.54) is 32.7 Å². The molecule has 114 heavy (non-hydrogen) atoms. The molecule has 2 saturated heterocycles. The second-order valence-corrected chi connectivity index (χ2v) is 31.7. The van der Waals surface area contributed by atoms with Crippen LogP contribution in [0.25, 0.3) is 21.8 Å². The van der Waals surface area contributed by atoms with Crippen molar-refractivity contribution in [2.24, 2.45) is 35.1 Å². The zero-order chi connectivity index (χ0) is 81.2. The number of amides is 8. The van der Waals surface area contributed by atoms with Gasteiger partial charge < -0.3 is 79.3 Å². The summed E-state index contributed by atoms with van der Waals surface area (Å²) in [6.45, 7) is 2.95. The number of para-hydroxylation sites is 2. The van der Waals surface area contributed by atoms with E-state index in [-0.39, 0.29) is 100 Å². The van der Waals surface area contributed by atoms with E-state index >= 15 is 47.9 Å². The Balaban J connectivity index is 1.08. The Labute approximate surface area is 666 Å². The van der Waals surface area contributed by atoms with Crippen LogP contribution in [0.15, 0.2) is 147 Å². The molecule has 33 heteroatoms. The van der Waals surface area contributed by atoms with Gasteiger partial charge in [0.05, 0.1) is 41.8 Å². The molecule has 8 amide bonds. The summed E-state index contributed by atoms with van der Waals surface area (Å²) in [6.07, 6.45) is 7.36. The number of aromatic amines is 4. The molecule has 10 rings (SSSR count). The van der Waals surface area contributed by atoms with E-state index in [1.54, 1.807) is 91.4 Å². The summed E-state index contributed by atoms with van der Waals surface area (Å²) in [6, 6.07) is 20.4. The first-order valence-corrected chi connectivity index (χ1v) is 40.7. The highest BCUT2D eigenvalue weighted by Gasteiger charge is 2.39. The average molecular weight is 1590 g/mol. The molecule has 4 aromatic carbocycles. The number of unbranched alkanes of at least 4 members (excludes halogenated alkanes) is 1. The zero-order valence-electron chi connectivity index (χ0n) is 63.5. The van der Waals surface area contributed by atoms with Crippen molar-refractivity contribution in [2.45, 2.75) is 165 Å². The van der Waals surface area contributed by atoms with Gasteiger partial charge in [0.25, 0.3) is 0 Å². The number of hydrogen-bond acceptors (Lipinski definition) is 18. The zero-order valence-corrected chi connectivity index (χ0v) is 65.1. The van der Waals surface area contributed by atoms with Gasteiger partial charge >= 0.3 is 0 Å². The van der Waals surface area contributed by atoms with E-state index in [0.29, 0.717) is 51.0 Å². The number of ketones is 4. The highest BCUT2D eigenvalue weighted by molar-refractivity contribution is 8.76. The first kappa shape index (κ1) is 84.7. The van der Waals surface area contributed by atoms with E-state index in [9.17, 15) is 9.59 Å². The van der Waals surface area contributed by atoms with Gasteiger partial charge in [0.15, 0.2) is 11.7 Å². The third kappa shape index (κ3) is 24.9. The van der Waals surface area contributed by atoms with E-state index in [1.807, 2.05) is 36.4 Å². The second kappa shape index (κ2) is 41.7. The molecule has 2 aliphatic rings. The van der Waals surface area contributed by atoms with Crippen LogP contribution in [0.2, 0.25) is 0 Å². The average Bonchev–Trinajstić information content (AvgIpc) is 1.66. The first-order valence-electron chi connectivity index (χ1n) is 38.2. The second-order valence-electron chi connectivity index (χ2n) is 29.2. The maximum atomic E-state index is 15.8. The highest BCUT2D eigenvalue weighted by Crippen LogP contribution is 2.32. The fourth-order valence-electron chi connectivity index (χ4n) is 14.1. The van der Waals surface area contributed by atoms with Crippen molar-refractivity contribution in [2.75, 3.05) is 18.1 Å². The quantitative estimate of drug-likeness (QED) is 0.0207. The predicted octanol–water partition coefficient (Wildman–Crippen LogP) is 4.24. The Hall–Kier alpha value is -11.7. The number of guanidine groups is 1. The molecular weight excluding hydrogens is 1500 g/mol. The van der Waals surface area contributed by atoms with Crippen LogP contribution in [0.5, 0.6) is 0 Å². The molecule has 8 aromatic rings. The van der Waals surface area contributed by atoms with Gasteiger partial charge in [-0.1, -0.05) is 132 Å². The maximum absolute atomic E-state index is 15.8. The number of nitrogens with zero attached hydrogens (tertiary/aromatic N) is 2. The molecule has 6 heterocycles. The topological polar surface area (TPSA) is 502 Å². The van der Waals surface area contributed by atoms with Crippen LogP contribution in [0.4, 0.5) is 0 Å². The number of nitrogens with two attached hydrogens (primary N) is 2. The van der Waals surface area contributed by atoms with Gasteiger partial charge in [-0.3, -0.25) is 68.4 Å². The number of benzene rings is 4. The molecule has 602 valence electrons. The summed E-state index contributed by atoms with van der Waals surface area (Å²) in [4.78, 5) is 204. The Morgan fingerprint density at radius 2 is 0.930 bits per heavy atom. The van der Waals surface area contributed by atoms with Crippen molar-refractivity contribution in [3.05, 3.63) is 180 Å². The van der Waals surface area contributed by atoms with Crippen LogP contribution in [-0.4, -0.2) is 178 Å². The molecule has 0 spiro atoms. The van der Waals surface area contributed by atoms with Crippen LogP contribution in [-0.2, 0) is 96.1 Å². The van der Waals surface area contributed by atoms with Crippen LogP contribution in [0.1, 0.15) is 112 Å². The number of hydrogen-bond donors (Lipinski definition) is 17. The van der Waals surface area contributed by atoms with E-state index in [4.69, 9.17) is 22.3 Å². The number of carbonyl (C=O) groups excluding carboxylic acids is 12. The number of H-pyrrole nitrogens is 4. The molecule has 12 atom stereocenters. The lowest BCUT2D eigenvalue weighted by atomic mass is 9.82. The number of nitrogens with one attached hydrogen (secondary N) is 15. The van der Waals surface area contributed by atoms with Gasteiger partial charge in [-0.2, -0.15) is 0 Å². The summed E-state index contributed by atoms with van der Waals surface area (Å²) in [7, 11) is 2.08. The molecule has 2 fully saturated rings. The van der Waals surface area contributed by atoms with Gasteiger partial charge in [0.2, 0.25) is 47.3 Å². The molecule has 31 nitrogen and oxygen atoms in total. The van der Waals surface area contributed by atoms with E-state index < -0.39 is 168 Å². The summed E-state index contributed by atoms with van der Waals surface area (Å²) in [5.74, 6) is -14.6. The van der Waals surface area contributed by atoms with Gasteiger partial charge in [0, 0.05) is 147 Å². The van der Waals surface area contributed by atoms with Crippen molar-refractivity contribution in [3.63, 3.8) is 0 Å². The normalized spacial score (nSPS) is 23.7. The number of rotatable bonds is 21. The minimum atomic E-state index is -1.59. The van der Waals surface area contributed by atoms with E-state index in [0.717, 1.165) is 32.5 Å². The largest absolute Gasteiger partial charge is 0.388 e. The molecule has 2 bridgehead atoms. The number of carbonyl (C=O) groups is 12. The lowest BCUT2D eigenvalue weighted by Gasteiger charge is -2.28. The number of aromatic nitrogens is 6. The van der Waals surface area contributed by atoms with Crippen LogP contribution < -0.4 is 59.3 Å². The lowest BCUT2D eigenvalue weighted by molar-refractivity contribution is -0.136. The van der Waals surface area contributed by atoms with Crippen LogP contribution >= 0.6 is 21.6 Å². The van der Waals surface area contributed by atoms with Crippen LogP contribution in [0.3, 0.4) is 0 Å². The highest BCUT2D eigenvalue weighted by atomic mass is 33.1. The number of amidine groups is 1. The van der Waals surface area contributed by atoms with Gasteiger partial charge in [0.1, 0.15) is 59.6 Å². The van der Waals surface area contributed by atoms with Crippen molar-refractivity contribution in [3.8, 4) is 0 Å². The smallest absolute Gasteiger partial charge is 0.244 e. The third-order valence-electron chi connectivity index (χ3n) is 20.5. The molecular formula is C81H99N19O12S2. The number of Topliss-reactive ketones (excluding diaryl/α,β-unsaturated/α-hetero) is 4. The summed E-state index contributed by atoms with van der Waals surface area (Å²) in [5.41, 5.74) is 16.0. The summed E-state index contributed by atoms with van der Waals surface area (Å²) >= 11 is 0. The van der Waals surface area contributed by atoms with Gasteiger partial charge in [-0.25, -0.2) is 9.97 Å². The predicted molar refractivity (Wildman–Crippen MR) is 433 cm³/mol. The molecule has 4 aromatic heterocycles. The Morgan fingerprint density at radius 1 is 0.439 bits per heavy atom. The molecule has 0 radical (unpaired) electrons. The fraction of sp³-hybridized carbons (Fsp3) is 0.407. The van der Waals surface area contributed by atoms with Crippen molar-refractivity contribution >= 4 is 126 Å². The van der Waals surface area contributed by atoms with Crippen LogP contribution in [0, 0.1) is 34.5 Å². The number of imidazole rings is 2. The summed E-state index contributed by atoms with van der Waals surface area (Å²) < 4.78 is 0. The fourth-order valence-corrected chi connectivity index (χ4v) is 16.6. The lowest BCUT2D eigenvalue weighted by Crippen LogP contribution is -2.61. The minimum Gasteiger partial charge on any atom is -0.388 e. The Morgan fingerprint density at radius 3 is 1.52 bits per heavy atom. The molecule has 0 unspecified atom stereocenters. The number of fused-ring (bicyclic) bond motifs is 7. The van der Waals surface area contributed by atoms with Crippen molar-refractivity contribution < 1.29 is 57.5 Å². The third-order valence-corrected chi connectivity index (χ3v) is 23.0. The molecule has 19 N–H and O–H groups in total. The Bertz CT molecular complexity index is 4400. The molecule has 0 aliphatic carbocycles. The van der Waals surface area contributed by atoms with E-state index in [2.05, 4.69) is 77.8 Å². The van der Waals surface area contributed by atoms with Crippen molar-refractivity contribution in [1.82, 2.24) is 77.8 Å². The molecule has 0 saturated carbocycles. The molecule has 2 aliphatic heterocycles. The standard InChI is InChI=1S/C81H99N19O12S2/c1-46-28-69(102)54-36-70(103)50(31-52-38-89-59-22-11-9-20-57(52)59)34-71(104)61(24-13-14-26-72(82)83)94-76(108)64(30-49-18-7-4-8-19-49)98-79(111)66(37-56-41-87-45-92-56)96-73(105)47(2)93-80(112)67(43-114-113-42-54)100-78(110)65(33-53-39-90-60-23-12-10-21-58(53)60)99-75(107)62(25-15-27-88-81(84)85)95-77(109)63(29-48-16-5-3-6-17-48)97-74(106)51(35-68(46)101)32-55-40-86-44-91-55/h3-12,16-23,38-41,44-47,50-51,54,61-67,89-90H,13-15,24-37,42-43H2,1-2H3,(H3,82,83)(H,86,91)(H,87,92)(H,93,112)(H,94,108)(H,95,109)(H,96,105)(H,97,106)(H,98,111)(H,99,107)(H,100,110)(H4,84,85,88)/t46-,47+,50-,51-,54+,61+,62+,63-,64-,65+,66+,67+/m1/s1. The first-order chi connectivity index (χ1) is 54.9. The SMILES string of the molecule is C[C@@H]1CC(=O)[C@@H]2CSSC[C@H](NC(=O)[C@H](Cc3c[nH]c4ccccc34)NC(=O)[C@H](CCCNC(=N)N)NC(=O)[C@@H](Cc3ccccc3)NC(=O)[C@H](Cc3c[nH]cn3)CC1=O)C(=O)N[C@@H](C)C(=O)N[C@@H](Cc1c[nH]cn1)C(=O)N[C@H](Cc1ccccc1)C(=O)N[C@@H](CCCCC(=N)N)C(=O)C[C@@H](Cc1c[nH]c3ccccc13)C(=O)C2. The monoisotopic (exact) mass is 1590 g/mol. The Kier molecular flexibility index (Phi) is 31.0. The van der Waals surface area contributed by atoms with Gasteiger partial charge in [-0.05, 0) is 73.4 Å².